The van der Waals surface area contributed by atoms with Crippen LogP contribution in [0.2, 0.25) is 0 Å². The molecule has 1 amide bonds. The van der Waals surface area contributed by atoms with E-state index in [4.69, 9.17) is 14.2 Å². The van der Waals surface area contributed by atoms with E-state index in [2.05, 4.69) is 23.5 Å². The van der Waals surface area contributed by atoms with Gasteiger partial charge in [0.2, 0.25) is 0 Å². The third-order valence-corrected chi connectivity index (χ3v) is 5.69. The second-order valence-electron chi connectivity index (χ2n) is 7.31. The Labute approximate surface area is 158 Å². The maximum Gasteiger partial charge on any atom is 0.410 e. The van der Waals surface area contributed by atoms with E-state index >= 15 is 0 Å². The lowest BCUT2D eigenvalue weighted by Gasteiger charge is -2.33. The topological polar surface area (TPSA) is 73.9 Å². The average Bonchev–Trinajstić information content (AvgIpc) is 3.24. The third kappa shape index (κ3) is 3.31. The van der Waals surface area contributed by atoms with E-state index in [9.17, 15) is 9.59 Å². The van der Waals surface area contributed by atoms with Gasteiger partial charge in [-0.1, -0.05) is 35.9 Å². The molecule has 2 aliphatic carbocycles. The van der Waals surface area contributed by atoms with Crippen LogP contribution in [0.25, 0.3) is 0 Å². The first-order valence-corrected chi connectivity index (χ1v) is 9.21. The van der Waals surface area contributed by atoms with Crippen molar-refractivity contribution < 1.29 is 23.8 Å². The summed E-state index contributed by atoms with van der Waals surface area (Å²) in [6, 6.07) is 8.22. The summed E-state index contributed by atoms with van der Waals surface area (Å²) in [5.41, 5.74) is 4.07. The molecule has 0 fully saturated rings. The highest BCUT2D eigenvalue weighted by molar-refractivity contribution is 5.89. The highest BCUT2D eigenvalue weighted by Gasteiger charge is 2.44. The molecular formula is C21H23NO5. The number of ether oxygens (including phenoxy) is 3. The summed E-state index contributed by atoms with van der Waals surface area (Å²) in [5, 5.41) is 2.94. The Morgan fingerprint density at radius 1 is 1.19 bits per heavy atom. The van der Waals surface area contributed by atoms with Crippen molar-refractivity contribution in [1.82, 2.24) is 5.32 Å². The van der Waals surface area contributed by atoms with Crippen LogP contribution in [0, 0.1) is 11.8 Å². The first kappa shape index (κ1) is 17.6. The summed E-state index contributed by atoms with van der Waals surface area (Å²) in [6.45, 7) is 1.97. The molecule has 0 spiro atoms. The van der Waals surface area contributed by atoms with Gasteiger partial charge in [0.15, 0.2) is 0 Å². The highest BCUT2D eigenvalue weighted by atomic mass is 16.7. The zero-order chi connectivity index (χ0) is 19.0. The molecule has 3 atom stereocenters. The highest BCUT2D eigenvalue weighted by Crippen LogP contribution is 2.43. The zero-order valence-electron chi connectivity index (χ0n) is 15.4. The van der Waals surface area contributed by atoms with Gasteiger partial charge < -0.3 is 19.5 Å². The van der Waals surface area contributed by atoms with Crippen LogP contribution in [0.15, 0.2) is 47.7 Å². The fourth-order valence-electron chi connectivity index (χ4n) is 4.34. The number of hydrogen-bond donors (Lipinski definition) is 1. The molecule has 142 valence electrons. The molecule has 1 aromatic carbocycles. The van der Waals surface area contributed by atoms with Crippen molar-refractivity contribution in [2.45, 2.75) is 38.5 Å². The number of benzene rings is 1. The summed E-state index contributed by atoms with van der Waals surface area (Å²) in [4.78, 5) is 24.4. The van der Waals surface area contributed by atoms with Crippen LogP contribution in [-0.2, 0) is 31.8 Å². The minimum Gasteiger partial charge on any atom is -0.466 e. The number of amides is 1. The number of hydrogen-bond acceptors (Lipinski definition) is 5. The van der Waals surface area contributed by atoms with Crippen LogP contribution in [-0.4, -0.2) is 31.5 Å². The monoisotopic (exact) mass is 369 g/mol. The van der Waals surface area contributed by atoms with E-state index in [1.807, 2.05) is 19.1 Å². The third-order valence-electron chi connectivity index (χ3n) is 5.69. The Bertz CT molecular complexity index is 803. The van der Waals surface area contributed by atoms with Gasteiger partial charge in [0.25, 0.3) is 6.29 Å². The first-order chi connectivity index (χ1) is 13.1. The van der Waals surface area contributed by atoms with Gasteiger partial charge in [-0.25, -0.2) is 9.59 Å². The van der Waals surface area contributed by atoms with E-state index in [-0.39, 0.29) is 17.9 Å². The number of alkyl carbamates (subject to hydrolysis) is 1. The molecule has 0 aromatic heterocycles. The smallest absolute Gasteiger partial charge is 0.410 e. The Hall–Kier alpha value is -2.76. The van der Waals surface area contributed by atoms with Crippen molar-refractivity contribution in [1.29, 1.82) is 0 Å². The average molecular weight is 369 g/mol. The summed E-state index contributed by atoms with van der Waals surface area (Å²) < 4.78 is 16.0. The molecule has 0 radical (unpaired) electrons. The van der Waals surface area contributed by atoms with Gasteiger partial charge >= 0.3 is 12.1 Å². The van der Waals surface area contributed by atoms with Gasteiger partial charge in [0, 0.05) is 12.0 Å². The van der Waals surface area contributed by atoms with Gasteiger partial charge in [-0.05, 0) is 37.3 Å². The van der Waals surface area contributed by atoms with E-state index in [1.54, 1.807) is 0 Å². The van der Waals surface area contributed by atoms with Gasteiger partial charge in [0.05, 0.1) is 24.9 Å². The molecule has 1 heterocycles. The normalized spacial score (nSPS) is 26.2. The van der Waals surface area contributed by atoms with Gasteiger partial charge in [-0.3, -0.25) is 0 Å². The first-order valence-electron chi connectivity index (χ1n) is 9.21. The van der Waals surface area contributed by atoms with Crippen LogP contribution in [0.5, 0.6) is 0 Å². The zero-order valence-corrected chi connectivity index (χ0v) is 15.4. The van der Waals surface area contributed by atoms with Crippen molar-refractivity contribution in [3.8, 4) is 0 Å². The quantitative estimate of drug-likeness (QED) is 0.655. The maximum absolute atomic E-state index is 12.4. The Morgan fingerprint density at radius 3 is 2.56 bits per heavy atom. The number of methoxy groups -OCH3 is 1. The van der Waals surface area contributed by atoms with Crippen LogP contribution >= 0.6 is 0 Å². The summed E-state index contributed by atoms with van der Waals surface area (Å²) >= 11 is 0. The Morgan fingerprint density at radius 2 is 1.89 bits per heavy atom. The van der Waals surface area contributed by atoms with Crippen molar-refractivity contribution in [3.05, 3.63) is 58.9 Å². The molecule has 0 saturated carbocycles. The molecule has 4 rings (SSSR count). The lowest BCUT2D eigenvalue weighted by Crippen LogP contribution is -2.43. The number of carbonyl (C=O) groups excluding carboxylic acids is 2. The molecule has 0 bridgehead atoms. The maximum atomic E-state index is 12.4. The molecule has 1 N–H and O–H groups in total. The molecule has 1 aliphatic heterocycles. The van der Waals surface area contributed by atoms with Gasteiger partial charge in [-0.15, -0.1) is 0 Å². The molecule has 6 nitrogen and oxygen atoms in total. The second kappa shape index (κ2) is 7.10. The molecule has 0 saturated heterocycles. The largest absolute Gasteiger partial charge is 0.466 e. The number of allylic oxidation sites excluding steroid dienone is 1. The van der Waals surface area contributed by atoms with Crippen LogP contribution in [0.4, 0.5) is 4.79 Å². The lowest BCUT2D eigenvalue weighted by atomic mass is 9.84. The number of rotatable bonds is 3. The predicted molar refractivity (Wildman–Crippen MR) is 97.6 cm³/mol. The predicted octanol–water partition coefficient (Wildman–Crippen LogP) is 2.88. The Kier molecular flexibility index (Phi) is 4.64. The van der Waals surface area contributed by atoms with E-state index in [1.165, 1.54) is 24.5 Å². The number of nitrogens with one attached hydrogen (secondary N) is 1. The van der Waals surface area contributed by atoms with E-state index in [0.29, 0.717) is 12.0 Å². The van der Waals surface area contributed by atoms with E-state index < -0.39 is 18.4 Å². The summed E-state index contributed by atoms with van der Waals surface area (Å²) in [7, 11) is 1.35. The number of esters is 1. The summed E-state index contributed by atoms with van der Waals surface area (Å²) in [6.07, 6.45) is 4.51. The fraction of sp³-hybridized carbons (Fsp3) is 0.429. The van der Waals surface area contributed by atoms with Crippen molar-refractivity contribution in [3.63, 3.8) is 0 Å². The Balaban J connectivity index is 1.40. The van der Waals surface area contributed by atoms with Crippen molar-refractivity contribution in [2.24, 2.45) is 11.8 Å². The van der Waals surface area contributed by atoms with Crippen molar-refractivity contribution >= 4 is 12.1 Å². The van der Waals surface area contributed by atoms with Crippen LogP contribution in [0.1, 0.15) is 24.5 Å². The van der Waals surface area contributed by atoms with Gasteiger partial charge in [0.1, 0.15) is 0 Å². The van der Waals surface area contributed by atoms with E-state index in [0.717, 1.165) is 18.4 Å². The second-order valence-corrected chi connectivity index (χ2v) is 7.31. The molecule has 1 aromatic rings. The SMILES string of the molecule is COC(=O)C1=COC(OC(=O)NC2Cc3ccccc3C2)C2C(C)=CCC12. The minimum atomic E-state index is -0.745. The molecule has 27 heavy (non-hydrogen) atoms. The van der Waals surface area contributed by atoms with Gasteiger partial charge in [-0.2, -0.15) is 0 Å². The number of fused-ring (bicyclic) bond motifs is 2. The molecule has 3 unspecified atom stereocenters. The standard InChI is InChI=1S/C21H23NO5/c1-12-7-8-16-17(19(23)25-2)11-26-20(18(12)16)27-21(24)22-15-9-13-5-3-4-6-14(13)10-15/h3-7,11,15-16,18,20H,8-10H2,1-2H3,(H,22,24). The van der Waals surface area contributed by atoms with Crippen LogP contribution in [0.3, 0.4) is 0 Å². The summed E-state index contributed by atoms with van der Waals surface area (Å²) in [5.74, 6) is -0.657. The van der Waals surface area contributed by atoms with Crippen molar-refractivity contribution in [2.75, 3.05) is 7.11 Å². The van der Waals surface area contributed by atoms with Crippen LogP contribution < -0.4 is 5.32 Å². The molecular weight excluding hydrogens is 346 g/mol. The molecule has 3 aliphatic rings. The number of carbonyl (C=O) groups is 2. The lowest BCUT2D eigenvalue weighted by molar-refractivity contribution is -0.141. The molecule has 6 heteroatoms. The minimum absolute atomic E-state index is 0.0238. The fourth-order valence-corrected chi connectivity index (χ4v) is 4.34.